The zero-order valence-electron chi connectivity index (χ0n) is 23.0. The summed E-state index contributed by atoms with van der Waals surface area (Å²) in [5.41, 5.74) is -0.0887. The van der Waals surface area contributed by atoms with E-state index in [1.54, 1.807) is 7.11 Å². The zero-order valence-corrected chi connectivity index (χ0v) is 23.0. The minimum Gasteiger partial charge on any atom is -0.382 e. The summed E-state index contributed by atoms with van der Waals surface area (Å²) in [6, 6.07) is 0. The molecule has 0 amide bonds. The molecule has 11 nitrogen and oxygen atoms in total. The van der Waals surface area contributed by atoms with E-state index in [1.807, 2.05) is 0 Å². The monoisotopic (exact) mass is 528 g/mol. The Hall–Kier alpha value is -0.440. The first-order valence-electron chi connectivity index (χ1n) is 13.0. The van der Waals surface area contributed by atoms with Crippen LogP contribution in [0.1, 0.15) is 33.6 Å². The van der Waals surface area contributed by atoms with Crippen LogP contribution in [0.15, 0.2) is 0 Å². The van der Waals surface area contributed by atoms with E-state index in [9.17, 15) is 0 Å². The van der Waals surface area contributed by atoms with E-state index in [1.165, 1.54) is 0 Å². The molecule has 0 bridgehead atoms. The molecule has 0 aromatic heterocycles. The summed E-state index contributed by atoms with van der Waals surface area (Å²) in [5, 5.41) is 9.06. The van der Waals surface area contributed by atoms with Gasteiger partial charge in [0, 0.05) is 20.1 Å². The minimum atomic E-state index is -0.238. The first-order valence-corrected chi connectivity index (χ1v) is 13.0. The Balaban J connectivity index is 3.17. The van der Waals surface area contributed by atoms with E-state index in [-0.39, 0.29) is 11.5 Å². The van der Waals surface area contributed by atoms with Crippen LogP contribution < -0.4 is 0 Å². The molecular formula is C25H52O11. The van der Waals surface area contributed by atoms with Gasteiger partial charge in [-0.05, 0) is 11.8 Å². The molecule has 0 aromatic carbocycles. The fraction of sp³-hybridized carbons (Fsp3) is 1.00. The van der Waals surface area contributed by atoms with Crippen LogP contribution >= 0.6 is 0 Å². The Kier molecular flexibility index (Phi) is 27.3. The highest BCUT2D eigenvalue weighted by Gasteiger charge is 2.28. The van der Waals surface area contributed by atoms with Crippen LogP contribution in [0, 0.1) is 5.41 Å². The quantitative estimate of drug-likeness (QED) is 0.0843. The van der Waals surface area contributed by atoms with E-state index >= 15 is 0 Å². The molecule has 11 heteroatoms. The lowest BCUT2D eigenvalue weighted by molar-refractivity contribution is -0.304. The van der Waals surface area contributed by atoms with Crippen LogP contribution in [0.3, 0.4) is 0 Å². The molecule has 0 heterocycles. The van der Waals surface area contributed by atoms with Crippen molar-refractivity contribution in [3.05, 3.63) is 0 Å². The Morgan fingerprint density at radius 2 is 0.778 bits per heavy atom. The van der Waals surface area contributed by atoms with Gasteiger partial charge in [-0.25, -0.2) is 4.89 Å². The highest BCUT2D eigenvalue weighted by molar-refractivity contribution is 4.76. The third-order valence-corrected chi connectivity index (χ3v) is 5.47. The van der Waals surface area contributed by atoms with E-state index in [4.69, 9.17) is 47.9 Å². The maximum absolute atomic E-state index is 9.06. The largest absolute Gasteiger partial charge is 0.382 e. The smallest absolute Gasteiger partial charge is 0.0999 e. The highest BCUT2D eigenvalue weighted by atomic mass is 17.1. The molecule has 0 saturated heterocycles. The van der Waals surface area contributed by atoms with Crippen LogP contribution in [-0.2, 0) is 47.5 Å². The van der Waals surface area contributed by atoms with E-state index in [2.05, 4.69) is 25.7 Å². The van der Waals surface area contributed by atoms with Gasteiger partial charge in [-0.3, -0.25) is 5.26 Å². The van der Waals surface area contributed by atoms with E-state index in [0.29, 0.717) is 119 Å². The minimum absolute atomic E-state index is 0.0887. The normalized spacial score (nSPS) is 12.9. The molecule has 218 valence electrons. The second-order valence-corrected chi connectivity index (χ2v) is 8.62. The van der Waals surface area contributed by atoms with Crippen LogP contribution in [0.4, 0.5) is 0 Å². The van der Waals surface area contributed by atoms with Crippen molar-refractivity contribution in [2.45, 2.75) is 39.7 Å². The van der Waals surface area contributed by atoms with Gasteiger partial charge in [0.2, 0.25) is 0 Å². The van der Waals surface area contributed by atoms with Gasteiger partial charge >= 0.3 is 0 Å². The Morgan fingerprint density at radius 1 is 0.500 bits per heavy atom. The lowest BCUT2D eigenvalue weighted by Crippen LogP contribution is -2.32. The number of hydrogen-bond donors (Lipinski definition) is 1. The number of methoxy groups -OCH3 is 1. The van der Waals surface area contributed by atoms with Crippen LogP contribution in [0.25, 0.3) is 0 Å². The van der Waals surface area contributed by atoms with Gasteiger partial charge in [0.05, 0.1) is 112 Å². The van der Waals surface area contributed by atoms with Gasteiger partial charge in [0.1, 0.15) is 0 Å². The molecular weight excluding hydrogens is 476 g/mol. The summed E-state index contributed by atoms with van der Waals surface area (Å²) in [7, 11) is 1.64. The molecule has 1 atom stereocenters. The predicted octanol–water partition coefficient (Wildman–Crippen LogP) is 2.45. The fourth-order valence-electron chi connectivity index (χ4n) is 2.79. The third-order valence-electron chi connectivity index (χ3n) is 5.47. The van der Waals surface area contributed by atoms with Crippen molar-refractivity contribution in [3.8, 4) is 0 Å². The van der Waals surface area contributed by atoms with Crippen molar-refractivity contribution in [1.82, 2.24) is 0 Å². The van der Waals surface area contributed by atoms with Crippen LogP contribution in [0.2, 0.25) is 0 Å². The summed E-state index contributed by atoms with van der Waals surface area (Å²) in [6.07, 6.45) is 1.32. The van der Waals surface area contributed by atoms with E-state index in [0.717, 1.165) is 6.42 Å². The summed E-state index contributed by atoms with van der Waals surface area (Å²) >= 11 is 0. The number of rotatable bonds is 30. The van der Waals surface area contributed by atoms with Gasteiger partial charge < -0.3 is 42.6 Å². The van der Waals surface area contributed by atoms with Crippen LogP contribution in [-0.4, -0.2) is 131 Å². The molecule has 0 aliphatic rings. The third kappa shape index (κ3) is 23.9. The van der Waals surface area contributed by atoms with E-state index < -0.39 is 0 Å². The molecule has 0 rings (SSSR count). The molecule has 0 fully saturated rings. The van der Waals surface area contributed by atoms with Gasteiger partial charge in [-0.1, -0.05) is 20.8 Å². The maximum atomic E-state index is 9.06. The second kappa shape index (κ2) is 27.6. The molecule has 0 aromatic rings. The number of hydrogen-bond acceptors (Lipinski definition) is 11. The summed E-state index contributed by atoms with van der Waals surface area (Å²) in [5.74, 6) is 0. The summed E-state index contributed by atoms with van der Waals surface area (Å²) < 4.78 is 48.3. The molecule has 0 spiro atoms. The van der Waals surface area contributed by atoms with Gasteiger partial charge in [0.25, 0.3) is 0 Å². The first-order chi connectivity index (χ1) is 17.6. The molecule has 0 aliphatic heterocycles. The van der Waals surface area contributed by atoms with Crippen LogP contribution in [0.5, 0.6) is 0 Å². The maximum Gasteiger partial charge on any atom is 0.0999 e. The SMILES string of the molecule is CCC(C)(C)C(CCOCCOCCOCCOCCOCCOCCOCCOCCOC)OO. The molecule has 1 unspecified atom stereocenters. The molecule has 0 aliphatic carbocycles. The lowest BCUT2D eigenvalue weighted by Gasteiger charge is -2.30. The van der Waals surface area contributed by atoms with Crippen molar-refractivity contribution >= 4 is 0 Å². The van der Waals surface area contributed by atoms with Gasteiger partial charge in [0.15, 0.2) is 0 Å². The van der Waals surface area contributed by atoms with Crippen molar-refractivity contribution < 1.29 is 52.8 Å². The second-order valence-electron chi connectivity index (χ2n) is 8.62. The number of ether oxygens (including phenoxy) is 9. The average Bonchev–Trinajstić information content (AvgIpc) is 2.88. The molecule has 1 N–H and O–H groups in total. The topological polar surface area (TPSA) is 113 Å². The standard InChI is InChI=1S/C25H52O11/c1-5-25(2,3)24(36-26)6-7-28-10-11-30-14-15-32-18-19-34-22-23-35-21-20-33-17-16-31-13-12-29-9-8-27-4/h24,26H,5-23H2,1-4H3. The van der Waals surface area contributed by atoms with Gasteiger partial charge in [-0.2, -0.15) is 0 Å². The Labute approximate surface area is 217 Å². The average molecular weight is 529 g/mol. The summed E-state index contributed by atoms with van der Waals surface area (Å²) in [4.78, 5) is 4.60. The Morgan fingerprint density at radius 3 is 1.03 bits per heavy atom. The Bertz CT molecular complexity index is 427. The zero-order chi connectivity index (χ0) is 26.6. The van der Waals surface area contributed by atoms with Crippen molar-refractivity contribution in [2.24, 2.45) is 5.41 Å². The first kappa shape index (κ1) is 35.6. The molecule has 0 saturated carbocycles. The van der Waals surface area contributed by atoms with Crippen molar-refractivity contribution in [2.75, 3.05) is 119 Å². The van der Waals surface area contributed by atoms with Crippen molar-refractivity contribution in [3.63, 3.8) is 0 Å². The lowest BCUT2D eigenvalue weighted by atomic mass is 9.82. The van der Waals surface area contributed by atoms with Gasteiger partial charge in [-0.15, -0.1) is 0 Å². The fourth-order valence-corrected chi connectivity index (χ4v) is 2.79. The molecule has 36 heavy (non-hydrogen) atoms. The van der Waals surface area contributed by atoms with Crippen molar-refractivity contribution in [1.29, 1.82) is 0 Å². The molecule has 0 radical (unpaired) electrons. The summed E-state index contributed by atoms with van der Waals surface area (Å²) in [6.45, 7) is 15.2. The highest BCUT2D eigenvalue weighted by Crippen LogP contribution is 2.28. The predicted molar refractivity (Wildman–Crippen MR) is 135 cm³/mol.